The van der Waals surface area contributed by atoms with Gasteiger partial charge in [0, 0.05) is 12.7 Å². The predicted molar refractivity (Wildman–Crippen MR) is 92.6 cm³/mol. The highest BCUT2D eigenvalue weighted by atomic mass is 35.5. The molecule has 1 N–H and O–H groups in total. The van der Waals surface area contributed by atoms with Gasteiger partial charge in [-0.1, -0.05) is 11.6 Å². The summed E-state index contributed by atoms with van der Waals surface area (Å²) >= 11 is 6.94. The number of carbonyl (C=O) groups is 3. The lowest BCUT2D eigenvalue weighted by Gasteiger charge is -2.05. The summed E-state index contributed by atoms with van der Waals surface area (Å²) in [5.74, 6) is -1.88. The summed E-state index contributed by atoms with van der Waals surface area (Å²) in [4.78, 5) is 36.6. The van der Waals surface area contributed by atoms with E-state index >= 15 is 0 Å². The molecule has 2 rings (SSSR count). The van der Waals surface area contributed by atoms with Gasteiger partial charge < -0.3 is 14.8 Å². The van der Waals surface area contributed by atoms with Crippen LogP contribution < -0.4 is 5.32 Å². The van der Waals surface area contributed by atoms with Crippen LogP contribution in [-0.4, -0.2) is 41.8 Å². The van der Waals surface area contributed by atoms with E-state index in [0.717, 1.165) is 11.3 Å². The van der Waals surface area contributed by atoms with Crippen LogP contribution in [0.1, 0.15) is 43.0 Å². The molecular formula is C15H16ClN3O5S. The van der Waals surface area contributed by atoms with E-state index in [1.54, 1.807) is 6.92 Å². The number of amides is 1. The first-order valence-corrected chi connectivity index (χ1v) is 8.37. The number of esters is 2. The van der Waals surface area contributed by atoms with Gasteiger partial charge in [-0.2, -0.15) is 5.10 Å². The molecule has 2 aromatic heterocycles. The van der Waals surface area contributed by atoms with Crippen LogP contribution >= 0.6 is 22.9 Å². The number of aromatic nitrogens is 2. The van der Waals surface area contributed by atoms with E-state index < -0.39 is 17.8 Å². The van der Waals surface area contributed by atoms with E-state index in [4.69, 9.17) is 21.1 Å². The zero-order valence-electron chi connectivity index (χ0n) is 14.0. The maximum atomic E-state index is 12.5. The highest BCUT2D eigenvalue weighted by molar-refractivity contribution is 7.18. The van der Waals surface area contributed by atoms with Gasteiger partial charge in [0.2, 0.25) is 0 Å². The third kappa shape index (κ3) is 3.67. The second-order valence-electron chi connectivity index (χ2n) is 4.88. The Labute approximate surface area is 152 Å². The number of hydrogen-bond acceptors (Lipinski definition) is 7. The molecule has 0 saturated carbocycles. The van der Waals surface area contributed by atoms with E-state index in [1.165, 1.54) is 25.1 Å². The van der Waals surface area contributed by atoms with Crippen LogP contribution in [0.2, 0.25) is 5.02 Å². The molecule has 0 aliphatic carbocycles. The third-order valence-corrected chi connectivity index (χ3v) is 4.85. The summed E-state index contributed by atoms with van der Waals surface area (Å²) in [7, 11) is 2.44. The van der Waals surface area contributed by atoms with Crippen LogP contribution in [0.15, 0.2) is 6.20 Å². The van der Waals surface area contributed by atoms with Crippen molar-refractivity contribution >= 4 is 45.8 Å². The maximum Gasteiger partial charge on any atom is 0.348 e. The largest absolute Gasteiger partial charge is 0.465 e. The van der Waals surface area contributed by atoms with Crippen molar-refractivity contribution < 1.29 is 23.9 Å². The van der Waals surface area contributed by atoms with Crippen molar-refractivity contribution in [3.8, 4) is 0 Å². The molecule has 10 heteroatoms. The fraction of sp³-hybridized carbons (Fsp3) is 0.333. The molecule has 0 atom stereocenters. The maximum absolute atomic E-state index is 12.5. The molecule has 2 heterocycles. The predicted octanol–water partition coefficient (Wildman–Crippen LogP) is 2.75. The highest BCUT2D eigenvalue weighted by Gasteiger charge is 2.28. The first kappa shape index (κ1) is 18.9. The summed E-state index contributed by atoms with van der Waals surface area (Å²) in [6, 6.07) is 0. The fourth-order valence-electron chi connectivity index (χ4n) is 2.11. The van der Waals surface area contributed by atoms with E-state index in [2.05, 4.69) is 10.4 Å². The summed E-state index contributed by atoms with van der Waals surface area (Å²) in [6.45, 7) is 3.97. The normalized spacial score (nSPS) is 10.4. The van der Waals surface area contributed by atoms with Crippen molar-refractivity contribution in [3.05, 3.63) is 32.9 Å². The van der Waals surface area contributed by atoms with Gasteiger partial charge in [-0.3, -0.25) is 9.48 Å². The topological polar surface area (TPSA) is 99.5 Å². The average Bonchev–Trinajstić information content (AvgIpc) is 3.13. The van der Waals surface area contributed by atoms with Crippen molar-refractivity contribution in [2.45, 2.75) is 20.4 Å². The smallest absolute Gasteiger partial charge is 0.348 e. The molecule has 2 aromatic rings. The standard InChI is InChI=1S/C15H16ClN3O5S/c1-5-19-6-8(16)10(18-19)12(20)17-13-9(14(21)23-3)7(2)11(25-13)15(22)24-4/h6H,5H2,1-4H3,(H,17,20). The van der Waals surface area contributed by atoms with Gasteiger partial charge >= 0.3 is 11.9 Å². The zero-order valence-corrected chi connectivity index (χ0v) is 15.6. The summed E-state index contributed by atoms with van der Waals surface area (Å²) in [5, 5.41) is 6.98. The Hall–Kier alpha value is -2.39. The van der Waals surface area contributed by atoms with Gasteiger partial charge in [0.05, 0.1) is 24.8 Å². The van der Waals surface area contributed by atoms with Crippen molar-refractivity contribution in [3.63, 3.8) is 0 Å². The van der Waals surface area contributed by atoms with Crippen LogP contribution in [-0.2, 0) is 16.0 Å². The number of rotatable bonds is 5. The second kappa shape index (κ2) is 7.66. The third-order valence-electron chi connectivity index (χ3n) is 3.39. The number of nitrogens with zero attached hydrogens (tertiary/aromatic N) is 2. The SMILES string of the molecule is CCn1cc(Cl)c(C(=O)Nc2sc(C(=O)OC)c(C)c2C(=O)OC)n1. The lowest BCUT2D eigenvalue weighted by molar-refractivity contribution is 0.0601. The summed E-state index contributed by atoms with van der Waals surface area (Å²) < 4.78 is 10.9. The van der Waals surface area contributed by atoms with E-state index in [-0.39, 0.29) is 26.2 Å². The quantitative estimate of drug-likeness (QED) is 0.794. The van der Waals surface area contributed by atoms with E-state index in [1.807, 2.05) is 6.92 Å². The van der Waals surface area contributed by atoms with Crippen molar-refractivity contribution in [2.24, 2.45) is 0 Å². The Balaban J connectivity index is 2.43. The molecular weight excluding hydrogens is 370 g/mol. The summed E-state index contributed by atoms with van der Waals surface area (Å²) in [6.07, 6.45) is 1.53. The van der Waals surface area contributed by atoms with Crippen LogP contribution in [0.3, 0.4) is 0 Å². The molecule has 134 valence electrons. The van der Waals surface area contributed by atoms with Gasteiger partial charge in [0.25, 0.3) is 5.91 Å². The number of aryl methyl sites for hydroxylation is 1. The van der Waals surface area contributed by atoms with Crippen molar-refractivity contribution in [1.29, 1.82) is 0 Å². The van der Waals surface area contributed by atoms with Crippen LogP contribution in [0, 0.1) is 6.92 Å². The highest BCUT2D eigenvalue weighted by Crippen LogP contribution is 2.34. The number of hydrogen-bond donors (Lipinski definition) is 1. The first-order chi connectivity index (χ1) is 11.8. The number of nitrogens with one attached hydrogen (secondary N) is 1. The fourth-order valence-corrected chi connectivity index (χ4v) is 3.46. The number of carbonyl (C=O) groups excluding carboxylic acids is 3. The Bertz CT molecular complexity index is 843. The molecule has 0 saturated heterocycles. The second-order valence-corrected chi connectivity index (χ2v) is 6.31. The Morgan fingerprint density at radius 2 is 1.92 bits per heavy atom. The molecule has 1 amide bonds. The molecule has 0 aliphatic rings. The monoisotopic (exact) mass is 385 g/mol. The lowest BCUT2D eigenvalue weighted by Crippen LogP contribution is -2.15. The van der Waals surface area contributed by atoms with Gasteiger partial charge in [-0.15, -0.1) is 11.3 Å². The molecule has 0 aliphatic heterocycles. The number of thiophene rings is 1. The zero-order chi connectivity index (χ0) is 18.7. The van der Waals surface area contributed by atoms with Gasteiger partial charge in [0.1, 0.15) is 9.88 Å². The van der Waals surface area contributed by atoms with Crippen LogP contribution in [0.25, 0.3) is 0 Å². The molecule has 0 radical (unpaired) electrons. The molecule has 0 unspecified atom stereocenters. The molecule has 0 bridgehead atoms. The molecule has 25 heavy (non-hydrogen) atoms. The van der Waals surface area contributed by atoms with E-state index in [9.17, 15) is 14.4 Å². The van der Waals surface area contributed by atoms with Crippen molar-refractivity contribution in [2.75, 3.05) is 19.5 Å². The first-order valence-electron chi connectivity index (χ1n) is 7.18. The van der Waals surface area contributed by atoms with Gasteiger partial charge in [-0.05, 0) is 19.4 Å². The molecule has 0 aromatic carbocycles. The Kier molecular flexibility index (Phi) is 5.81. The Morgan fingerprint density at radius 3 is 2.44 bits per heavy atom. The minimum Gasteiger partial charge on any atom is -0.465 e. The average molecular weight is 386 g/mol. The van der Waals surface area contributed by atoms with Crippen LogP contribution in [0.4, 0.5) is 5.00 Å². The molecule has 0 fully saturated rings. The number of methoxy groups -OCH3 is 2. The molecule has 8 nitrogen and oxygen atoms in total. The lowest BCUT2D eigenvalue weighted by atomic mass is 10.1. The number of halogens is 1. The van der Waals surface area contributed by atoms with E-state index in [0.29, 0.717) is 12.1 Å². The minimum absolute atomic E-state index is 0.0185. The molecule has 0 spiro atoms. The van der Waals surface area contributed by atoms with Gasteiger partial charge in [-0.25, -0.2) is 9.59 Å². The number of ether oxygens (including phenoxy) is 2. The Morgan fingerprint density at radius 1 is 1.28 bits per heavy atom. The van der Waals surface area contributed by atoms with Crippen molar-refractivity contribution in [1.82, 2.24) is 9.78 Å². The van der Waals surface area contributed by atoms with Crippen LogP contribution in [0.5, 0.6) is 0 Å². The summed E-state index contributed by atoms with van der Waals surface area (Å²) in [5.41, 5.74) is 0.474. The van der Waals surface area contributed by atoms with Gasteiger partial charge in [0.15, 0.2) is 5.69 Å². The number of anilines is 1. The minimum atomic E-state index is -0.676.